The Labute approximate surface area is 98.2 Å². The number of nitrogens with one attached hydrogen (secondary N) is 1. The molecule has 0 saturated heterocycles. The average molecular weight is 218 g/mol. The van der Waals surface area contributed by atoms with Gasteiger partial charge in [-0.2, -0.15) is 0 Å². The lowest BCUT2D eigenvalue weighted by Crippen LogP contribution is -2.25. The third-order valence-electron chi connectivity index (χ3n) is 3.66. The molecule has 1 fully saturated rings. The molecule has 0 amide bonds. The minimum atomic E-state index is 0.652. The largest absolute Gasteiger partial charge is 0.399 e. The second kappa shape index (κ2) is 4.77. The van der Waals surface area contributed by atoms with E-state index in [0.717, 1.165) is 17.2 Å². The lowest BCUT2D eigenvalue weighted by molar-refractivity contribution is 0.361. The van der Waals surface area contributed by atoms with Gasteiger partial charge in [-0.3, -0.25) is 0 Å². The smallest absolute Gasteiger partial charge is 0.0346 e. The summed E-state index contributed by atoms with van der Waals surface area (Å²) >= 11 is 0. The zero-order valence-corrected chi connectivity index (χ0v) is 10.3. The van der Waals surface area contributed by atoms with Gasteiger partial charge in [0.05, 0.1) is 0 Å². The van der Waals surface area contributed by atoms with Crippen LogP contribution in [0.15, 0.2) is 18.2 Å². The third kappa shape index (κ3) is 2.69. The first-order valence-electron chi connectivity index (χ1n) is 6.28. The molecule has 2 nitrogen and oxygen atoms in total. The van der Waals surface area contributed by atoms with Crippen LogP contribution in [-0.2, 0) is 0 Å². The predicted octanol–water partition coefficient (Wildman–Crippen LogP) is 3.57. The lowest BCUT2D eigenvalue weighted by atomic mass is 9.87. The maximum Gasteiger partial charge on any atom is 0.0346 e. The maximum absolute atomic E-state index is 5.81. The molecular formula is C14H22N2. The Bertz CT molecular complexity index is 352. The fourth-order valence-corrected chi connectivity index (χ4v) is 2.41. The van der Waals surface area contributed by atoms with E-state index in [-0.39, 0.29) is 0 Å². The Kier molecular flexibility index (Phi) is 3.37. The zero-order valence-electron chi connectivity index (χ0n) is 10.3. The topological polar surface area (TPSA) is 38.0 Å². The van der Waals surface area contributed by atoms with E-state index in [1.54, 1.807) is 0 Å². The van der Waals surface area contributed by atoms with E-state index in [1.165, 1.54) is 31.4 Å². The number of nitrogen functional groups attached to an aromatic ring is 1. The van der Waals surface area contributed by atoms with Crippen molar-refractivity contribution in [3.8, 4) is 0 Å². The molecule has 0 aliphatic heterocycles. The van der Waals surface area contributed by atoms with Crippen molar-refractivity contribution in [3.05, 3.63) is 23.8 Å². The summed E-state index contributed by atoms with van der Waals surface area (Å²) in [6, 6.07) is 6.87. The Morgan fingerprint density at radius 3 is 2.50 bits per heavy atom. The second-order valence-electron chi connectivity index (χ2n) is 5.17. The molecule has 1 aliphatic carbocycles. The van der Waals surface area contributed by atoms with Crippen LogP contribution in [0.1, 0.15) is 38.2 Å². The van der Waals surface area contributed by atoms with E-state index in [2.05, 4.69) is 31.3 Å². The number of hydrogen-bond acceptors (Lipinski definition) is 2. The Balaban J connectivity index is 1.96. The summed E-state index contributed by atoms with van der Waals surface area (Å²) in [4.78, 5) is 0. The van der Waals surface area contributed by atoms with Crippen LogP contribution in [0.3, 0.4) is 0 Å². The van der Waals surface area contributed by atoms with Crippen molar-refractivity contribution < 1.29 is 0 Å². The highest BCUT2D eigenvalue weighted by Crippen LogP contribution is 2.26. The normalized spacial score (nSPS) is 25.4. The van der Waals surface area contributed by atoms with Gasteiger partial charge in [0.15, 0.2) is 0 Å². The van der Waals surface area contributed by atoms with Gasteiger partial charge in [-0.05, 0) is 62.3 Å². The molecule has 0 heterocycles. The van der Waals surface area contributed by atoms with Gasteiger partial charge in [0.25, 0.3) is 0 Å². The first-order valence-corrected chi connectivity index (χ1v) is 6.28. The minimum Gasteiger partial charge on any atom is -0.399 e. The van der Waals surface area contributed by atoms with Crippen LogP contribution in [0.25, 0.3) is 0 Å². The number of rotatable bonds is 2. The highest BCUT2D eigenvalue weighted by Gasteiger charge is 2.17. The van der Waals surface area contributed by atoms with Crippen molar-refractivity contribution in [2.24, 2.45) is 5.92 Å². The van der Waals surface area contributed by atoms with Crippen LogP contribution in [0.2, 0.25) is 0 Å². The number of nitrogens with two attached hydrogens (primary N) is 1. The number of benzene rings is 1. The molecule has 1 aliphatic rings. The summed E-state index contributed by atoms with van der Waals surface area (Å²) in [6.45, 7) is 4.41. The number of hydrogen-bond donors (Lipinski definition) is 2. The highest BCUT2D eigenvalue weighted by molar-refractivity contribution is 5.57. The third-order valence-corrected chi connectivity index (χ3v) is 3.66. The quantitative estimate of drug-likeness (QED) is 0.745. The Morgan fingerprint density at radius 2 is 1.88 bits per heavy atom. The van der Waals surface area contributed by atoms with Crippen molar-refractivity contribution in [1.82, 2.24) is 0 Å². The van der Waals surface area contributed by atoms with Gasteiger partial charge in [-0.1, -0.05) is 6.92 Å². The standard InChI is InChI=1S/C14H22N2/c1-10-3-5-12(6-4-10)16-13-7-8-14(15)11(2)9-13/h7-10,12,16H,3-6,15H2,1-2H3. The summed E-state index contributed by atoms with van der Waals surface area (Å²) in [7, 11) is 0. The van der Waals surface area contributed by atoms with E-state index < -0.39 is 0 Å². The molecule has 0 atom stereocenters. The predicted molar refractivity (Wildman–Crippen MR) is 70.6 cm³/mol. The van der Waals surface area contributed by atoms with E-state index in [0.29, 0.717) is 6.04 Å². The molecule has 1 aromatic rings. The van der Waals surface area contributed by atoms with Gasteiger partial charge in [-0.15, -0.1) is 0 Å². The summed E-state index contributed by atoms with van der Waals surface area (Å²) < 4.78 is 0. The van der Waals surface area contributed by atoms with E-state index in [4.69, 9.17) is 5.73 Å². The minimum absolute atomic E-state index is 0.652. The van der Waals surface area contributed by atoms with Crippen LogP contribution < -0.4 is 11.1 Å². The molecule has 16 heavy (non-hydrogen) atoms. The molecule has 0 bridgehead atoms. The van der Waals surface area contributed by atoms with E-state index in [1.807, 2.05) is 6.07 Å². The van der Waals surface area contributed by atoms with Gasteiger partial charge in [0.1, 0.15) is 0 Å². The monoisotopic (exact) mass is 218 g/mol. The van der Waals surface area contributed by atoms with E-state index >= 15 is 0 Å². The summed E-state index contributed by atoms with van der Waals surface area (Å²) in [5.74, 6) is 0.909. The second-order valence-corrected chi connectivity index (χ2v) is 5.17. The van der Waals surface area contributed by atoms with Crippen molar-refractivity contribution in [2.45, 2.75) is 45.6 Å². The van der Waals surface area contributed by atoms with Crippen molar-refractivity contribution in [3.63, 3.8) is 0 Å². The van der Waals surface area contributed by atoms with Crippen molar-refractivity contribution in [2.75, 3.05) is 11.1 Å². The number of aryl methyl sites for hydroxylation is 1. The Hall–Kier alpha value is -1.18. The molecule has 1 aromatic carbocycles. The maximum atomic E-state index is 5.81. The van der Waals surface area contributed by atoms with Gasteiger partial charge in [0.2, 0.25) is 0 Å². The molecule has 0 radical (unpaired) electrons. The molecule has 0 spiro atoms. The summed E-state index contributed by atoms with van der Waals surface area (Å²) in [6.07, 6.45) is 5.30. The van der Waals surface area contributed by atoms with Gasteiger partial charge in [0, 0.05) is 17.4 Å². The zero-order chi connectivity index (χ0) is 11.5. The van der Waals surface area contributed by atoms with Gasteiger partial charge >= 0.3 is 0 Å². The number of anilines is 2. The van der Waals surface area contributed by atoms with Crippen molar-refractivity contribution >= 4 is 11.4 Å². The Morgan fingerprint density at radius 1 is 1.19 bits per heavy atom. The van der Waals surface area contributed by atoms with Crippen LogP contribution >= 0.6 is 0 Å². The van der Waals surface area contributed by atoms with E-state index in [9.17, 15) is 0 Å². The molecule has 2 heteroatoms. The summed E-state index contributed by atoms with van der Waals surface area (Å²) in [5.41, 5.74) is 9.07. The van der Waals surface area contributed by atoms with Crippen LogP contribution in [0.5, 0.6) is 0 Å². The van der Waals surface area contributed by atoms with Crippen molar-refractivity contribution in [1.29, 1.82) is 0 Å². The molecule has 0 aromatic heterocycles. The highest BCUT2D eigenvalue weighted by atomic mass is 14.9. The first-order chi connectivity index (χ1) is 7.65. The fourth-order valence-electron chi connectivity index (χ4n) is 2.41. The molecular weight excluding hydrogens is 196 g/mol. The molecule has 0 unspecified atom stereocenters. The fraction of sp³-hybridized carbons (Fsp3) is 0.571. The average Bonchev–Trinajstić information content (AvgIpc) is 2.27. The molecule has 2 rings (SSSR count). The SMILES string of the molecule is Cc1cc(NC2CCC(C)CC2)ccc1N. The van der Waals surface area contributed by atoms with Gasteiger partial charge < -0.3 is 11.1 Å². The summed E-state index contributed by atoms with van der Waals surface area (Å²) in [5, 5.41) is 3.61. The van der Waals surface area contributed by atoms with Crippen LogP contribution in [0, 0.1) is 12.8 Å². The first kappa shape index (κ1) is 11.3. The van der Waals surface area contributed by atoms with Crippen LogP contribution in [0.4, 0.5) is 11.4 Å². The van der Waals surface area contributed by atoms with Crippen LogP contribution in [-0.4, -0.2) is 6.04 Å². The molecule has 1 saturated carbocycles. The molecule has 3 N–H and O–H groups in total. The molecule has 88 valence electrons. The van der Waals surface area contributed by atoms with Gasteiger partial charge in [-0.25, -0.2) is 0 Å². The lowest BCUT2D eigenvalue weighted by Gasteiger charge is -2.27.